The lowest BCUT2D eigenvalue weighted by Gasteiger charge is -2.08. The van der Waals surface area contributed by atoms with Crippen LogP contribution in [-0.4, -0.2) is 25.9 Å². The van der Waals surface area contributed by atoms with Gasteiger partial charge in [0.15, 0.2) is 6.10 Å². The summed E-state index contributed by atoms with van der Waals surface area (Å²) in [6, 6.07) is 0. The number of hydrogen-bond donors (Lipinski definition) is 1. The lowest BCUT2D eigenvalue weighted by atomic mass is 10.4. The van der Waals surface area contributed by atoms with Gasteiger partial charge in [0.1, 0.15) is 0 Å². The molecule has 0 fully saturated rings. The molecule has 0 aliphatic carbocycles. The number of rotatable bonds is 3. The van der Waals surface area contributed by atoms with Gasteiger partial charge in [-0.05, 0) is 6.92 Å². The summed E-state index contributed by atoms with van der Waals surface area (Å²) in [5.41, 5.74) is 0. The normalized spacial score (nSPS) is 16.7. The highest BCUT2D eigenvalue weighted by Crippen LogP contribution is 1.91. The quantitative estimate of drug-likeness (QED) is 0.540. The molecule has 0 bridgehead atoms. The van der Waals surface area contributed by atoms with Gasteiger partial charge in [-0.1, -0.05) is 0 Å². The molecule has 0 aliphatic rings. The van der Waals surface area contributed by atoms with Gasteiger partial charge in [0.25, 0.3) is 0 Å². The smallest absolute Gasteiger partial charge is 0.333 e. The zero-order valence-electron chi connectivity index (χ0n) is 4.57. The lowest BCUT2D eigenvalue weighted by molar-refractivity contribution is -0.144. The van der Waals surface area contributed by atoms with E-state index in [1.165, 1.54) is 0 Å². The average Bonchev–Trinajstić information content (AvgIpc) is 1.63. The molecule has 2 unspecified atom stereocenters. The highest BCUT2D eigenvalue weighted by molar-refractivity contribution is 7.74. The molecular formula is C3H5O5S-. The molecule has 0 amide bonds. The molecule has 2 atom stereocenters. The lowest BCUT2D eigenvalue weighted by Crippen LogP contribution is -2.20. The van der Waals surface area contributed by atoms with E-state index in [-0.39, 0.29) is 0 Å². The van der Waals surface area contributed by atoms with Gasteiger partial charge < -0.3 is 9.66 Å². The minimum Gasteiger partial charge on any atom is -0.750 e. The largest absolute Gasteiger partial charge is 0.750 e. The Morgan fingerprint density at radius 1 is 1.89 bits per heavy atom. The van der Waals surface area contributed by atoms with E-state index in [2.05, 4.69) is 4.18 Å². The molecule has 0 saturated carbocycles. The van der Waals surface area contributed by atoms with Crippen molar-refractivity contribution in [3.8, 4) is 0 Å². The van der Waals surface area contributed by atoms with Crippen molar-refractivity contribution in [1.82, 2.24) is 0 Å². The maximum absolute atomic E-state index is 9.84. The van der Waals surface area contributed by atoms with E-state index in [1.807, 2.05) is 0 Å². The van der Waals surface area contributed by atoms with Crippen LogP contribution >= 0.6 is 0 Å². The number of hydrogen-bond acceptors (Lipinski definition) is 4. The second kappa shape index (κ2) is 3.54. The van der Waals surface area contributed by atoms with Crippen LogP contribution in [0.1, 0.15) is 6.92 Å². The van der Waals surface area contributed by atoms with Crippen molar-refractivity contribution in [2.24, 2.45) is 0 Å². The monoisotopic (exact) mass is 153 g/mol. The Morgan fingerprint density at radius 2 is 2.33 bits per heavy atom. The molecule has 0 aromatic heterocycles. The Kier molecular flexibility index (Phi) is 3.36. The molecule has 0 aromatic rings. The fourth-order valence-electron chi connectivity index (χ4n) is 0.159. The van der Waals surface area contributed by atoms with Crippen LogP contribution in [0.2, 0.25) is 0 Å². The van der Waals surface area contributed by atoms with E-state index >= 15 is 0 Å². The molecule has 5 nitrogen and oxygen atoms in total. The van der Waals surface area contributed by atoms with Crippen LogP contribution in [0.4, 0.5) is 0 Å². The van der Waals surface area contributed by atoms with Gasteiger partial charge in [0.05, 0.1) is 11.4 Å². The third-order valence-electron chi connectivity index (χ3n) is 0.571. The highest BCUT2D eigenvalue weighted by Gasteiger charge is 2.10. The number of carbonyl (C=O) groups is 1. The van der Waals surface area contributed by atoms with Crippen LogP contribution in [0.3, 0.4) is 0 Å². The summed E-state index contributed by atoms with van der Waals surface area (Å²) in [6.07, 6.45) is -1.30. The molecule has 1 N–H and O–H groups in total. The van der Waals surface area contributed by atoms with E-state index < -0.39 is 23.4 Å². The first-order valence-corrected chi connectivity index (χ1v) is 3.03. The van der Waals surface area contributed by atoms with Crippen molar-refractivity contribution in [1.29, 1.82) is 0 Å². The zero-order chi connectivity index (χ0) is 7.44. The van der Waals surface area contributed by atoms with E-state index in [0.29, 0.717) is 0 Å². The van der Waals surface area contributed by atoms with Gasteiger partial charge >= 0.3 is 5.97 Å². The number of carboxylic acids is 1. The van der Waals surface area contributed by atoms with Crippen molar-refractivity contribution >= 4 is 17.3 Å². The second-order valence-electron chi connectivity index (χ2n) is 1.28. The Labute approximate surface area is 54.1 Å². The molecule has 6 heteroatoms. The fourth-order valence-corrected chi connectivity index (χ4v) is 0.477. The predicted octanol–water partition coefficient (Wildman–Crippen LogP) is -0.730. The molecular weight excluding hydrogens is 148 g/mol. The van der Waals surface area contributed by atoms with E-state index in [0.717, 1.165) is 6.92 Å². The van der Waals surface area contributed by atoms with Crippen LogP contribution in [0.5, 0.6) is 0 Å². The number of aliphatic carboxylic acids is 1. The summed E-state index contributed by atoms with van der Waals surface area (Å²) in [5, 5.41) is 8.03. The van der Waals surface area contributed by atoms with E-state index in [4.69, 9.17) is 5.11 Å². The predicted molar refractivity (Wildman–Crippen MR) is 27.1 cm³/mol. The molecule has 0 heterocycles. The second-order valence-corrected chi connectivity index (χ2v) is 1.88. The summed E-state index contributed by atoms with van der Waals surface area (Å²) < 4.78 is 23.1. The topological polar surface area (TPSA) is 86.7 Å². The van der Waals surface area contributed by atoms with Gasteiger partial charge in [-0.25, -0.2) is 9.00 Å². The summed E-state index contributed by atoms with van der Waals surface area (Å²) >= 11 is -2.75. The SMILES string of the molecule is CC(OS(=O)[O-])C(=O)O. The summed E-state index contributed by atoms with van der Waals surface area (Å²) in [6.45, 7) is 1.12. The van der Waals surface area contributed by atoms with Crippen molar-refractivity contribution in [3.63, 3.8) is 0 Å². The maximum atomic E-state index is 9.84. The minimum atomic E-state index is -2.75. The molecule has 0 spiro atoms. The Morgan fingerprint density at radius 3 is 2.44 bits per heavy atom. The van der Waals surface area contributed by atoms with Crippen LogP contribution in [0, 0.1) is 0 Å². The van der Waals surface area contributed by atoms with E-state index in [1.54, 1.807) is 0 Å². The third kappa shape index (κ3) is 4.07. The zero-order valence-corrected chi connectivity index (χ0v) is 5.38. The molecule has 54 valence electrons. The van der Waals surface area contributed by atoms with Gasteiger partial charge in [-0.2, -0.15) is 0 Å². The van der Waals surface area contributed by atoms with Crippen LogP contribution in [-0.2, 0) is 20.3 Å². The fraction of sp³-hybridized carbons (Fsp3) is 0.667. The van der Waals surface area contributed by atoms with Crippen LogP contribution < -0.4 is 0 Å². The molecule has 0 saturated heterocycles. The van der Waals surface area contributed by atoms with Crippen molar-refractivity contribution in [2.75, 3.05) is 0 Å². The van der Waals surface area contributed by atoms with Gasteiger partial charge in [-0.15, -0.1) is 0 Å². The Balaban J connectivity index is 3.63. The van der Waals surface area contributed by atoms with Crippen molar-refractivity contribution in [3.05, 3.63) is 0 Å². The number of carboxylic acid groups (broad SMARTS) is 1. The Bertz CT molecular complexity index is 132. The molecule has 0 aliphatic heterocycles. The molecule has 0 aromatic carbocycles. The summed E-state index contributed by atoms with van der Waals surface area (Å²) in [7, 11) is 0. The van der Waals surface area contributed by atoms with Crippen molar-refractivity contribution < 1.29 is 22.8 Å². The van der Waals surface area contributed by atoms with Gasteiger partial charge in [0.2, 0.25) is 0 Å². The molecule has 9 heavy (non-hydrogen) atoms. The third-order valence-corrected chi connectivity index (χ3v) is 1.02. The first-order valence-electron chi connectivity index (χ1n) is 2.03. The average molecular weight is 153 g/mol. The summed E-state index contributed by atoms with van der Waals surface area (Å²) in [5.74, 6) is -1.31. The van der Waals surface area contributed by atoms with E-state index in [9.17, 15) is 13.6 Å². The first-order chi connectivity index (χ1) is 4.04. The standard InChI is InChI=1S/C3H6O5S/c1-2(3(4)5)8-9(6)7/h2H,1H3,(H,4,5)(H,6,7)/p-1. The minimum absolute atomic E-state index is 1.12. The van der Waals surface area contributed by atoms with Gasteiger partial charge in [-0.3, -0.25) is 4.18 Å². The summed E-state index contributed by atoms with van der Waals surface area (Å²) in [4.78, 5) is 9.84. The Hall–Kier alpha value is -0.460. The van der Waals surface area contributed by atoms with Crippen LogP contribution in [0.25, 0.3) is 0 Å². The first kappa shape index (κ1) is 8.54. The van der Waals surface area contributed by atoms with Gasteiger partial charge in [0, 0.05) is 0 Å². The van der Waals surface area contributed by atoms with Crippen molar-refractivity contribution in [2.45, 2.75) is 13.0 Å². The molecule has 0 rings (SSSR count). The highest BCUT2D eigenvalue weighted by atomic mass is 32.2. The maximum Gasteiger partial charge on any atom is 0.333 e. The molecule has 0 radical (unpaired) electrons. The van der Waals surface area contributed by atoms with Crippen LogP contribution in [0.15, 0.2) is 0 Å².